The van der Waals surface area contributed by atoms with Crippen LogP contribution in [0.3, 0.4) is 0 Å². The van der Waals surface area contributed by atoms with Gasteiger partial charge in [-0.05, 0) is 0 Å². The van der Waals surface area contributed by atoms with Crippen molar-refractivity contribution in [1.82, 2.24) is 5.32 Å². The van der Waals surface area contributed by atoms with E-state index in [0.717, 1.165) is 18.7 Å². The molecule has 0 unspecified atom stereocenters. The van der Waals surface area contributed by atoms with E-state index in [9.17, 15) is 4.79 Å². The minimum absolute atomic E-state index is 0.0480. The second kappa shape index (κ2) is 3.29. The summed E-state index contributed by atoms with van der Waals surface area (Å²) in [7, 11) is 0. The lowest BCUT2D eigenvalue weighted by Crippen LogP contribution is -2.47. The molecular weight excluding hydrogens is 200 g/mol. The third kappa shape index (κ3) is 1.34. The maximum atomic E-state index is 12.1. The molecule has 1 N–H and O–H groups in total. The Labute approximate surface area is 96.0 Å². The standard InChI is InChI=1S/C13H16N2O/c1-12(2)10-5-6-15-8-13(10,3)7-9(14-4)11(12)16/h5,7,15H,6,8H2,1-3H3/t13-/m0/s1. The highest BCUT2D eigenvalue weighted by molar-refractivity contribution is 6.04. The van der Waals surface area contributed by atoms with Crippen molar-refractivity contribution in [3.8, 4) is 0 Å². The molecule has 3 nitrogen and oxygen atoms in total. The third-order valence-electron chi connectivity index (χ3n) is 3.61. The molecule has 0 fully saturated rings. The first-order valence-corrected chi connectivity index (χ1v) is 5.49. The van der Waals surface area contributed by atoms with Gasteiger partial charge in [0.25, 0.3) is 0 Å². The van der Waals surface area contributed by atoms with Crippen LogP contribution in [0, 0.1) is 17.4 Å². The Balaban J connectivity index is 2.64. The van der Waals surface area contributed by atoms with Crippen LogP contribution in [-0.2, 0) is 4.79 Å². The number of nitrogens with one attached hydrogen (secondary N) is 1. The van der Waals surface area contributed by atoms with Crippen LogP contribution in [0.1, 0.15) is 20.8 Å². The Morgan fingerprint density at radius 3 is 2.75 bits per heavy atom. The molecule has 0 amide bonds. The maximum absolute atomic E-state index is 12.1. The van der Waals surface area contributed by atoms with E-state index in [-0.39, 0.29) is 16.9 Å². The number of allylic oxidation sites excluding steroid dienone is 1. The second-order valence-corrected chi connectivity index (χ2v) is 5.26. The fourth-order valence-corrected chi connectivity index (χ4v) is 2.83. The Kier molecular flexibility index (Phi) is 2.28. The number of fused-ring (bicyclic) bond motifs is 1. The number of hydrogen-bond acceptors (Lipinski definition) is 2. The van der Waals surface area contributed by atoms with Gasteiger partial charge < -0.3 is 10.1 Å². The molecule has 1 aliphatic carbocycles. The minimum atomic E-state index is -0.536. The van der Waals surface area contributed by atoms with Gasteiger partial charge in [0.2, 0.25) is 5.70 Å². The summed E-state index contributed by atoms with van der Waals surface area (Å²) in [5.41, 5.74) is 0.714. The zero-order valence-electron chi connectivity index (χ0n) is 9.92. The average Bonchev–Trinajstić information content (AvgIpc) is 2.24. The molecule has 0 radical (unpaired) electrons. The molecule has 0 aromatic carbocycles. The number of nitrogens with zero attached hydrogens (tertiary/aromatic N) is 1. The Morgan fingerprint density at radius 2 is 2.12 bits per heavy atom. The van der Waals surface area contributed by atoms with Crippen LogP contribution in [0.4, 0.5) is 0 Å². The van der Waals surface area contributed by atoms with Gasteiger partial charge in [-0.25, -0.2) is 4.85 Å². The van der Waals surface area contributed by atoms with Crippen molar-refractivity contribution < 1.29 is 4.79 Å². The van der Waals surface area contributed by atoms with E-state index >= 15 is 0 Å². The zero-order chi connectivity index (χ0) is 12.0. The molecule has 2 rings (SSSR count). The van der Waals surface area contributed by atoms with Gasteiger partial charge in [0.05, 0.1) is 6.57 Å². The van der Waals surface area contributed by atoms with Crippen LogP contribution >= 0.6 is 0 Å². The van der Waals surface area contributed by atoms with Gasteiger partial charge in [0.1, 0.15) is 0 Å². The summed E-state index contributed by atoms with van der Waals surface area (Å²) in [5.74, 6) is -0.0480. The molecule has 1 aliphatic heterocycles. The van der Waals surface area contributed by atoms with Crippen molar-refractivity contribution in [2.75, 3.05) is 13.1 Å². The molecule has 3 heteroatoms. The summed E-state index contributed by atoms with van der Waals surface area (Å²) in [5, 5.41) is 3.29. The van der Waals surface area contributed by atoms with Crippen molar-refractivity contribution >= 4 is 5.78 Å². The van der Waals surface area contributed by atoms with E-state index in [1.165, 1.54) is 0 Å². The van der Waals surface area contributed by atoms with Gasteiger partial charge in [0, 0.05) is 23.9 Å². The molecule has 0 aromatic rings. The van der Waals surface area contributed by atoms with Crippen molar-refractivity contribution in [2.24, 2.45) is 10.8 Å². The lowest BCUT2D eigenvalue weighted by molar-refractivity contribution is -0.122. The molecule has 16 heavy (non-hydrogen) atoms. The fourth-order valence-electron chi connectivity index (χ4n) is 2.83. The molecule has 0 spiro atoms. The third-order valence-corrected chi connectivity index (χ3v) is 3.61. The molecule has 0 aromatic heterocycles. The monoisotopic (exact) mass is 216 g/mol. The van der Waals surface area contributed by atoms with Crippen LogP contribution in [0.5, 0.6) is 0 Å². The molecule has 0 saturated carbocycles. The molecule has 0 saturated heterocycles. The number of carbonyl (C=O) groups excluding carboxylic acids is 1. The summed E-state index contributed by atoms with van der Waals surface area (Å²) < 4.78 is 0. The Hall–Kier alpha value is -1.40. The smallest absolute Gasteiger partial charge is 0.227 e. The molecule has 1 heterocycles. The van der Waals surface area contributed by atoms with E-state index in [4.69, 9.17) is 6.57 Å². The molecule has 1 atom stereocenters. The quantitative estimate of drug-likeness (QED) is 0.496. The SMILES string of the molecule is [C-]#[N+]C1=C[C@@]2(C)CNCC=C2C(C)(C)C1=O. The molecule has 84 valence electrons. The summed E-state index contributed by atoms with van der Waals surface area (Å²) in [4.78, 5) is 15.5. The van der Waals surface area contributed by atoms with Gasteiger partial charge in [-0.1, -0.05) is 38.5 Å². The highest BCUT2D eigenvalue weighted by Gasteiger charge is 2.47. The van der Waals surface area contributed by atoms with E-state index in [1.807, 2.05) is 19.9 Å². The maximum Gasteiger partial charge on any atom is 0.227 e. The summed E-state index contributed by atoms with van der Waals surface area (Å²) >= 11 is 0. The van der Waals surface area contributed by atoms with Gasteiger partial charge in [-0.3, -0.25) is 0 Å². The van der Waals surface area contributed by atoms with Crippen molar-refractivity contribution in [3.05, 3.63) is 34.8 Å². The van der Waals surface area contributed by atoms with Crippen LogP contribution in [0.15, 0.2) is 23.4 Å². The van der Waals surface area contributed by atoms with E-state index in [0.29, 0.717) is 0 Å². The van der Waals surface area contributed by atoms with Gasteiger partial charge in [-0.2, -0.15) is 0 Å². The lowest BCUT2D eigenvalue weighted by atomic mass is 9.61. The number of ketones is 1. The predicted molar refractivity (Wildman–Crippen MR) is 62.5 cm³/mol. The number of carbonyl (C=O) groups is 1. The van der Waals surface area contributed by atoms with E-state index < -0.39 is 5.41 Å². The highest BCUT2D eigenvalue weighted by atomic mass is 16.1. The first-order chi connectivity index (χ1) is 7.42. The van der Waals surface area contributed by atoms with E-state index in [2.05, 4.69) is 23.2 Å². The first kappa shape index (κ1) is 11.1. The molecular formula is C13H16N2O. The highest BCUT2D eigenvalue weighted by Crippen LogP contribution is 2.48. The number of Topliss-reactive ketones (excluding diaryl/α,β-unsaturated/α-hetero) is 1. The number of hydrogen-bond donors (Lipinski definition) is 1. The van der Waals surface area contributed by atoms with Crippen molar-refractivity contribution in [2.45, 2.75) is 20.8 Å². The van der Waals surface area contributed by atoms with Crippen molar-refractivity contribution in [3.63, 3.8) is 0 Å². The normalized spacial score (nSPS) is 32.2. The van der Waals surface area contributed by atoms with Gasteiger partial charge in [0.15, 0.2) is 5.78 Å². The predicted octanol–water partition coefficient (Wildman–Crippen LogP) is 1.93. The average molecular weight is 216 g/mol. The summed E-state index contributed by atoms with van der Waals surface area (Å²) in [6, 6.07) is 0. The van der Waals surface area contributed by atoms with Crippen LogP contribution in [0.25, 0.3) is 4.85 Å². The van der Waals surface area contributed by atoms with Gasteiger partial charge >= 0.3 is 0 Å². The largest absolute Gasteiger partial charge is 0.312 e. The summed E-state index contributed by atoms with van der Waals surface area (Å²) in [6.07, 6.45) is 3.92. The molecule has 2 aliphatic rings. The summed E-state index contributed by atoms with van der Waals surface area (Å²) in [6.45, 7) is 14.6. The van der Waals surface area contributed by atoms with Crippen LogP contribution in [-0.4, -0.2) is 18.9 Å². The van der Waals surface area contributed by atoms with Crippen molar-refractivity contribution in [1.29, 1.82) is 0 Å². The second-order valence-electron chi connectivity index (χ2n) is 5.26. The van der Waals surface area contributed by atoms with Crippen LogP contribution in [0.2, 0.25) is 0 Å². The first-order valence-electron chi connectivity index (χ1n) is 5.49. The van der Waals surface area contributed by atoms with E-state index in [1.54, 1.807) is 0 Å². The van der Waals surface area contributed by atoms with Gasteiger partial charge in [-0.15, -0.1) is 0 Å². The zero-order valence-corrected chi connectivity index (χ0v) is 9.92. The number of rotatable bonds is 0. The topological polar surface area (TPSA) is 33.5 Å². The Bertz CT molecular complexity index is 451. The Morgan fingerprint density at radius 1 is 1.44 bits per heavy atom. The van der Waals surface area contributed by atoms with Crippen LogP contribution < -0.4 is 5.32 Å². The molecule has 0 bridgehead atoms. The lowest BCUT2D eigenvalue weighted by Gasteiger charge is -2.45. The fraction of sp³-hybridized carbons (Fsp3) is 0.538. The minimum Gasteiger partial charge on any atom is -0.312 e.